The summed E-state index contributed by atoms with van der Waals surface area (Å²) >= 11 is 0. The van der Waals surface area contributed by atoms with Crippen molar-refractivity contribution in [1.82, 2.24) is 24.7 Å². The molecule has 2 N–H and O–H groups in total. The molecule has 3 amide bonds. The average molecular weight is 835 g/mol. The number of unbranched alkanes of at least 4 members (excludes halogenated alkanes) is 2. The van der Waals surface area contributed by atoms with Gasteiger partial charge in [-0.1, -0.05) is 12.1 Å². The smallest absolute Gasteiger partial charge is 0.258 e. The highest BCUT2D eigenvalue weighted by molar-refractivity contribution is 6.12. The summed E-state index contributed by atoms with van der Waals surface area (Å²) in [6, 6.07) is 16.2. The maximum atomic E-state index is 13.8. The van der Waals surface area contributed by atoms with Gasteiger partial charge in [0.25, 0.3) is 11.8 Å². The van der Waals surface area contributed by atoms with Gasteiger partial charge < -0.3 is 39.2 Å². The third kappa shape index (κ3) is 11.7. The number of aryl methyl sites for hydroxylation is 1. The third-order valence-corrected chi connectivity index (χ3v) is 9.91. The number of fused-ring (bicyclic) bond motifs is 1. The molecule has 6 rings (SSSR count). The third-order valence-electron chi connectivity index (χ3n) is 9.91. The predicted molar refractivity (Wildman–Crippen MR) is 227 cm³/mol. The van der Waals surface area contributed by atoms with E-state index in [4.69, 9.17) is 19.2 Å². The molecule has 13 nitrogen and oxygen atoms in total. The number of nitrogens with zero attached hydrogens (tertiary/aromatic N) is 5. The van der Waals surface area contributed by atoms with Crippen molar-refractivity contribution in [2.75, 3.05) is 90.5 Å². The van der Waals surface area contributed by atoms with Crippen LogP contribution in [0.3, 0.4) is 0 Å². The van der Waals surface area contributed by atoms with Crippen LogP contribution in [0.1, 0.15) is 57.8 Å². The number of hydrogen-bond donors (Lipinski definition) is 2. The number of H-pyrrole nitrogens is 1. The summed E-state index contributed by atoms with van der Waals surface area (Å²) in [6.07, 6.45) is 3.06. The second-order valence-corrected chi connectivity index (χ2v) is 13.8. The van der Waals surface area contributed by atoms with Gasteiger partial charge in [-0.15, -0.1) is 37.2 Å². The normalized spacial score (nSPS) is 14.5. The Labute approximate surface area is 347 Å². The van der Waals surface area contributed by atoms with Crippen LogP contribution in [-0.2, 0) is 16.1 Å². The largest absolute Gasteiger partial charge is 0.495 e. The standard InChI is InChI=1S/C40H51N7O6.3ClH/c1-28-12-15-33(35(25-28)53-22-7-5-6-11-37(48)47-18-16-44(2)17-19-47)45(3)40(50)29-13-14-31(34(26-29)51-4)42-39(49)30-9-8-10-32-38(30)43-36(41-32)27-46-20-23-52-24-21-46;;;/h8-10,12-15,25-26H,5-7,11,16-24,27H2,1-4H3,(H,41,43)(H,42,49);3*1H. The highest BCUT2D eigenvalue weighted by Gasteiger charge is 2.22. The summed E-state index contributed by atoms with van der Waals surface area (Å²) < 4.78 is 17.3. The van der Waals surface area contributed by atoms with Gasteiger partial charge in [-0.2, -0.15) is 0 Å². The van der Waals surface area contributed by atoms with Gasteiger partial charge in [0.1, 0.15) is 22.8 Å². The van der Waals surface area contributed by atoms with E-state index in [1.165, 1.54) is 7.11 Å². The predicted octanol–water partition coefficient (Wildman–Crippen LogP) is 6.22. The number of morpholine rings is 1. The first kappa shape index (κ1) is 46.3. The van der Waals surface area contributed by atoms with Crippen LogP contribution in [0, 0.1) is 6.92 Å². The van der Waals surface area contributed by atoms with Crippen molar-refractivity contribution >= 4 is 77.4 Å². The van der Waals surface area contributed by atoms with Gasteiger partial charge >= 0.3 is 0 Å². The minimum Gasteiger partial charge on any atom is -0.495 e. The SMILES string of the molecule is COc1cc(C(=O)N(C)c2ccc(C)cc2OCCCCCC(=O)N2CCN(C)CC2)ccc1NC(=O)c1cccc2[nH]c(CN3CCOCC3)nc12.Cl.Cl.Cl. The van der Waals surface area contributed by atoms with Gasteiger partial charge in [0.05, 0.1) is 55.9 Å². The Balaban J connectivity index is 0.00000280. The molecule has 2 aliphatic rings. The number of carbonyl (C=O) groups is 3. The zero-order valence-electron chi connectivity index (χ0n) is 32.5. The number of ether oxygens (including phenoxy) is 3. The van der Waals surface area contributed by atoms with Gasteiger partial charge in [0, 0.05) is 58.3 Å². The first-order valence-corrected chi connectivity index (χ1v) is 18.4. The molecular formula is C40H54Cl3N7O6. The number of anilines is 2. The molecular weight excluding hydrogens is 781 g/mol. The van der Waals surface area contributed by atoms with Crippen LogP contribution >= 0.6 is 37.2 Å². The molecule has 0 radical (unpaired) electrons. The van der Waals surface area contributed by atoms with E-state index in [9.17, 15) is 14.4 Å². The summed E-state index contributed by atoms with van der Waals surface area (Å²) in [7, 11) is 5.30. The molecule has 2 fully saturated rings. The molecule has 0 aliphatic carbocycles. The highest BCUT2D eigenvalue weighted by atomic mass is 35.5. The van der Waals surface area contributed by atoms with Crippen molar-refractivity contribution in [3.63, 3.8) is 0 Å². The number of piperazine rings is 1. The number of nitrogens with one attached hydrogen (secondary N) is 2. The Kier molecular flexibility index (Phi) is 18.2. The van der Waals surface area contributed by atoms with Crippen molar-refractivity contribution in [2.45, 2.75) is 39.2 Å². The Morgan fingerprint density at radius 2 is 1.66 bits per heavy atom. The molecule has 16 heteroatoms. The number of rotatable bonds is 14. The summed E-state index contributed by atoms with van der Waals surface area (Å²) in [5.74, 6) is 1.40. The zero-order valence-corrected chi connectivity index (χ0v) is 35.0. The van der Waals surface area contributed by atoms with Crippen molar-refractivity contribution < 1.29 is 28.6 Å². The van der Waals surface area contributed by atoms with Crippen LogP contribution in [-0.4, -0.2) is 123 Å². The first-order valence-electron chi connectivity index (χ1n) is 18.4. The molecule has 3 aromatic carbocycles. The average Bonchev–Trinajstić information content (AvgIpc) is 3.59. The van der Waals surface area contributed by atoms with Crippen LogP contribution in [0.5, 0.6) is 11.5 Å². The Morgan fingerprint density at radius 1 is 0.911 bits per heavy atom. The minimum absolute atomic E-state index is 0. The van der Waals surface area contributed by atoms with E-state index in [1.807, 2.05) is 42.2 Å². The van der Waals surface area contributed by atoms with E-state index in [0.29, 0.717) is 72.3 Å². The number of methoxy groups -OCH3 is 1. The molecule has 0 unspecified atom stereocenters. The van der Waals surface area contributed by atoms with Crippen LogP contribution in [0.4, 0.5) is 11.4 Å². The van der Waals surface area contributed by atoms with E-state index < -0.39 is 0 Å². The fraction of sp³-hybridized carbons (Fsp3) is 0.450. The molecule has 2 aliphatic heterocycles. The van der Waals surface area contributed by atoms with Crippen LogP contribution in [0.15, 0.2) is 54.6 Å². The van der Waals surface area contributed by atoms with E-state index in [0.717, 1.165) is 75.4 Å². The van der Waals surface area contributed by atoms with E-state index in [2.05, 4.69) is 27.1 Å². The number of aromatic amines is 1. The zero-order chi connectivity index (χ0) is 37.3. The first-order chi connectivity index (χ1) is 25.7. The lowest BCUT2D eigenvalue weighted by Crippen LogP contribution is -2.47. The molecule has 4 aromatic rings. The maximum absolute atomic E-state index is 13.8. The number of halogens is 3. The number of likely N-dealkylation sites (N-methyl/N-ethyl adjacent to an activating group) is 1. The highest BCUT2D eigenvalue weighted by Crippen LogP contribution is 2.32. The molecule has 1 aromatic heterocycles. The summed E-state index contributed by atoms with van der Waals surface area (Å²) in [6.45, 7) is 9.62. The fourth-order valence-corrected chi connectivity index (χ4v) is 6.70. The van der Waals surface area contributed by atoms with Gasteiger partial charge in [-0.25, -0.2) is 4.98 Å². The second-order valence-electron chi connectivity index (χ2n) is 13.8. The summed E-state index contributed by atoms with van der Waals surface area (Å²) in [4.78, 5) is 56.1. The van der Waals surface area contributed by atoms with Crippen LogP contribution in [0.2, 0.25) is 0 Å². The van der Waals surface area contributed by atoms with Crippen molar-refractivity contribution in [1.29, 1.82) is 0 Å². The molecule has 0 saturated carbocycles. The molecule has 0 atom stereocenters. The Bertz CT molecular complexity index is 1910. The number of para-hydroxylation sites is 1. The summed E-state index contributed by atoms with van der Waals surface area (Å²) in [5.41, 5.74) is 4.28. The molecule has 0 spiro atoms. The fourth-order valence-electron chi connectivity index (χ4n) is 6.70. The molecule has 56 heavy (non-hydrogen) atoms. The minimum atomic E-state index is -0.336. The Hall–Kier alpha value is -4.11. The quantitative estimate of drug-likeness (QED) is 0.142. The number of amides is 3. The topological polar surface area (TPSA) is 133 Å². The monoisotopic (exact) mass is 833 g/mol. The van der Waals surface area contributed by atoms with Gasteiger partial charge in [0.15, 0.2) is 0 Å². The van der Waals surface area contributed by atoms with Crippen LogP contribution in [0.25, 0.3) is 11.0 Å². The van der Waals surface area contributed by atoms with E-state index in [1.54, 1.807) is 36.2 Å². The Morgan fingerprint density at radius 3 is 2.39 bits per heavy atom. The molecule has 2 saturated heterocycles. The number of aromatic nitrogens is 2. The second kappa shape index (κ2) is 22.0. The van der Waals surface area contributed by atoms with Crippen molar-refractivity contribution in [3.8, 4) is 11.5 Å². The summed E-state index contributed by atoms with van der Waals surface area (Å²) in [5, 5.41) is 2.95. The lowest BCUT2D eigenvalue weighted by Gasteiger charge is -2.32. The van der Waals surface area contributed by atoms with Gasteiger partial charge in [-0.3, -0.25) is 19.3 Å². The lowest BCUT2D eigenvalue weighted by molar-refractivity contribution is -0.132. The van der Waals surface area contributed by atoms with Gasteiger partial charge in [0.2, 0.25) is 5.91 Å². The number of benzene rings is 3. The maximum Gasteiger partial charge on any atom is 0.258 e. The lowest BCUT2D eigenvalue weighted by atomic mass is 10.1. The number of imidazole rings is 1. The van der Waals surface area contributed by atoms with E-state index >= 15 is 0 Å². The number of hydrogen-bond acceptors (Lipinski definition) is 9. The van der Waals surface area contributed by atoms with Crippen LogP contribution < -0.4 is 19.7 Å². The van der Waals surface area contributed by atoms with Crippen molar-refractivity contribution in [2.24, 2.45) is 0 Å². The van der Waals surface area contributed by atoms with Crippen molar-refractivity contribution in [3.05, 3.63) is 77.1 Å². The number of carbonyl (C=O) groups excluding carboxylic acids is 3. The van der Waals surface area contributed by atoms with E-state index in [-0.39, 0.29) is 54.9 Å². The molecule has 3 heterocycles. The van der Waals surface area contributed by atoms with Gasteiger partial charge in [-0.05, 0) is 81.3 Å². The molecule has 306 valence electrons. The molecule has 0 bridgehead atoms.